The van der Waals surface area contributed by atoms with Crippen molar-refractivity contribution in [1.29, 1.82) is 0 Å². The number of anilines is 1. The second-order valence-electron chi connectivity index (χ2n) is 5.69. The van der Waals surface area contributed by atoms with Crippen LogP contribution in [-0.2, 0) is 11.2 Å². The number of rotatable bonds is 8. The summed E-state index contributed by atoms with van der Waals surface area (Å²) in [5.74, 6) is -0.434. The van der Waals surface area contributed by atoms with E-state index in [1.165, 1.54) is 5.56 Å². The molecule has 2 N–H and O–H groups in total. The minimum atomic E-state index is -0.238. The number of hydrogen-bond donors (Lipinski definition) is 2. The van der Waals surface area contributed by atoms with Crippen molar-refractivity contribution in [3.63, 3.8) is 0 Å². The summed E-state index contributed by atoms with van der Waals surface area (Å²) in [5, 5.41) is 5.66. The van der Waals surface area contributed by atoms with Gasteiger partial charge in [0.05, 0.1) is 0 Å². The third-order valence-corrected chi connectivity index (χ3v) is 3.82. The van der Waals surface area contributed by atoms with Crippen LogP contribution in [0.1, 0.15) is 39.6 Å². The van der Waals surface area contributed by atoms with E-state index in [0.717, 1.165) is 18.5 Å². The quantitative estimate of drug-likeness (QED) is 0.725. The van der Waals surface area contributed by atoms with Gasteiger partial charge in [-0.15, -0.1) is 0 Å². The highest BCUT2D eigenvalue weighted by atomic mass is 16.5. The predicted octanol–water partition coefficient (Wildman–Crippen LogP) is 3.27. The Kier molecular flexibility index (Phi) is 7.16. The van der Waals surface area contributed by atoms with Crippen LogP contribution in [0.4, 0.5) is 5.69 Å². The highest BCUT2D eigenvalue weighted by molar-refractivity contribution is 6.06. The van der Waals surface area contributed by atoms with Gasteiger partial charge in [0.1, 0.15) is 0 Å². The molecule has 0 bridgehead atoms. The molecule has 0 aromatic heterocycles. The molecule has 0 aliphatic heterocycles. The van der Waals surface area contributed by atoms with E-state index < -0.39 is 0 Å². The second kappa shape index (κ2) is 9.59. The largest absolute Gasteiger partial charge is 0.385 e. The summed E-state index contributed by atoms with van der Waals surface area (Å²) in [7, 11) is 1.62. The molecular weight excluding hydrogens is 316 g/mol. The van der Waals surface area contributed by atoms with Gasteiger partial charge in [0.15, 0.2) is 0 Å². The molecule has 5 heteroatoms. The fraction of sp³-hybridized carbons (Fsp3) is 0.300. The number of methoxy groups -OCH3 is 1. The van der Waals surface area contributed by atoms with Crippen molar-refractivity contribution >= 4 is 17.5 Å². The molecule has 0 fully saturated rings. The second-order valence-corrected chi connectivity index (χ2v) is 5.69. The molecule has 0 unspecified atom stereocenters. The molecule has 0 aliphatic rings. The molecule has 0 saturated carbocycles. The van der Waals surface area contributed by atoms with Crippen LogP contribution in [0.15, 0.2) is 48.5 Å². The molecule has 0 heterocycles. The minimum absolute atomic E-state index is 0.196. The molecular formula is C20H24N2O3. The van der Waals surface area contributed by atoms with Crippen LogP contribution in [0.5, 0.6) is 0 Å². The van der Waals surface area contributed by atoms with Crippen LogP contribution in [0.2, 0.25) is 0 Å². The third kappa shape index (κ3) is 5.72. The molecule has 2 rings (SSSR count). The van der Waals surface area contributed by atoms with Gasteiger partial charge in [0.2, 0.25) is 0 Å². The zero-order valence-electron chi connectivity index (χ0n) is 14.7. The monoisotopic (exact) mass is 340 g/mol. The average molecular weight is 340 g/mol. The minimum Gasteiger partial charge on any atom is -0.385 e. The maximum atomic E-state index is 12.4. The molecule has 5 nitrogen and oxygen atoms in total. The number of hydrogen-bond acceptors (Lipinski definition) is 3. The van der Waals surface area contributed by atoms with Crippen molar-refractivity contribution in [2.24, 2.45) is 0 Å². The van der Waals surface area contributed by atoms with Crippen LogP contribution in [0.3, 0.4) is 0 Å². The number of carbonyl (C=O) groups excluding carboxylic acids is 2. The van der Waals surface area contributed by atoms with Crippen molar-refractivity contribution in [2.75, 3.05) is 25.6 Å². The van der Waals surface area contributed by atoms with E-state index in [1.54, 1.807) is 31.4 Å². The number of carbonyl (C=O) groups is 2. The summed E-state index contributed by atoms with van der Waals surface area (Å²) < 4.78 is 4.95. The van der Waals surface area contributed by atoms with E-state index in [9.17, 15) is 9.59 Å². The Morgan fingerprint density at radius 1 is 1.00 bits per heavy atom. The molecule has 2 aromatic carbocycles. The normalized spacial score (nSPS) is 10.3. The number of amides is 2. The summed E-state index contributed by atoms with van der Waals surface area (Å²) in [6.07, 6.45) is 1.70. The number of aryl methyl sites for hydroxylation is 1. The first-order valence-electron chi connectivity index (χ1n) is 8.41. The molecule has 0 aliphatic carbocycles. The predicted molar refractivity (Wildman–Crippen MR) is 99.0 cm³/mol. The van der Waals surface area contributed by atoms with Gasteiger partial charge in [-0.2, -0.15) is 0 Å². The summed E-state index contributed by atoms with van der Waals surface area (Å²) in [6, 6.07) is 14.4. The van der Waals surface area contributed by atoms with Gasteiger partial charge in [0, 0.05) is 37.1 Å². The molecule has 132 valence electrons. The first-order chi connectivity index (χ1) is 12.1. The van der Waals surface area contributed by atoms with Crippen molar-refractivity contribution in [1.82, 2.24) is 5.32 Å². The van der Waals surface area contributed by atoms with Crippen molar-refractivity contribution in [3.05, 3.63) is 65.2 Å². The number of ether oxygens (including phenoxy) is 1. The van der Waals surface area contributed by atoms with Crippen LogP contribution in [0, 0.1) is 0 Å². The van der Waals surface area contributed by atoms with Gasteiger partial charge in [-0.1, -0.05) is 25.1 Å². The standard InChI is InChI=1S/C20H24N2O3/c1-3-15-8-10-18(11-9-15)22-20(24)17-7-4-6-16(14-17)19(23)21-12-5-13-25-2/h4,6-11,14H,3,5,12-13H2,1-2H3,(H,21,23)(H,22,24). The molecule has 2 amide bonds. The van der Waals surface area contributed by atoms with E-state index in [0.29, 0.717) is 24.3 Å². The highest BCUT2D eigenvalue weighted by Gasteiger charge is 2.10. The van der Waals surface area contributed by atoms with Crippen LogP contribution < -0.4 is 10.6 Å². The first-order valence-corrected chi connectivity index (χ1v) is 8.41. The van der Waals surface area contributed by atoms with Gasteiger partial charge in [0.25, 0.3) is 11.8 Å². The fourth-order valence-corrected chi connectivity index (χ4v) is 2.35. The van der Waals surface area contributed by atoms with E-state index >= 15 is 0 Å². The van der Waals surface area contributed by atoms with Crippen LogP contribution >= 0.6 is 0 Å². The Morgan fingerprint density at radius 2 is 1.68 bits per heavy atom. The number of nitrogens with one attached hydrogen (secondary N) is 2. The third-order valence-electron chi connectivity index (χ3n) is 3.82. The fourth-order valence-electron chi connectivity index (χ4n) is 2.35. The van der Waals surface area contributed by atoms with Gasteiger partial charge in [-0.05, 0) is 48.7 Å². The van der Waals surface area contributed by atoms with Crippen molar-refractivity contribution < 1.29 is 14.3 Å². The van der Waals surface area contributed by atoms with E-state index in [-0.39, 0.29) is 11.8 Å². The smallest absolute Gasteiger partial charge is 0.255 e. The van der Waals surface area contributed by atoms with E-state index in [2.05, 4.69) is 17.6 Å². The lowest BCUT2D eigenvalue weighted by Gasteiger charge is -2.08. The molecule has 2 aromatic rings. The molecule has 25 heavy (non-hydrogen) atoms. The Balaban J connectivity index is 1.99. The van der Waals surface area contributed by atoms with Crippen LogP contribution in [0.25, 0.3) is 0 Å². The summed E-state index contributed by atoms with van der Waals surface area (Å²) in [5.41, 5.74) is 2.86. The Hall–Kier alpha value is -2.66. The summed E-state index contributed by atoms with van der Waals surface area (Å²) in [4.78, 5) is 24.5. The zero-order valence-corrected chi connectivity index (χ0v) is 14.7. The SMILES string of the molecule is CCc1ccc(NC(=O)c2cccc(C(=O)NCCCOC)c2)cc1. The zero-order chi connectivity index (χ0) is 18.1. The van der Waals surface area contributed by atoms with Crippen LogP contribution in [-0.4, -0.2) is 32.1 Å². The van der Waals surface area contributed by atoms with Gasteiger partial charge < -0.3 is 15.4 Å². The topological polar surface area (TPSA) is 67.4 Å². The summed E-state index contributed by atoms with van der Waals surface area (Å²) >= 11 is 0. The molecule has 0 atom stereocenters. The van der Waals surface area contributed by atoms with Crippen molar-refractivity contribution in [2.45, 2.75) is 19.8 Å². The molecule has 0 spiro atoms. The Labute approximate surface area is 148 Å². The molecule has 0 saturated heterocycles. The highest BCUT2D eigenvalue weighted by Crippen LogP contribution is 2.13. The first kappa shape index (κ1) is 18.7. The van der Waals surface area contributed by atoms with Gasteiger partial charge in [-0.3, -0.25) is 9.59 Å². The average Bonchev–Trinajstić information content (AvgIpc) is 2.65. The lowest BCUT2D eigenvalue weighted by atomic mass is 10.1. The van der Waals surface area contributed by atoms with E-state index in [4.69, 9.17) is 4.74 Å². The lowest BCUT2D eigenvalue weighted by molar-refractivity contribution is 0.0948. The summed E-state index contributed by atoms with van der Waals surface area (Å²) in [6.45, 7) is 3.21. The molecule has 0 radical (unpaired) electrons. The lowest BCUT2D eigenvalue weighted by Crippen LogP contribution is -2.25. The maximum Gasteiger partial charge on any atom is 0.255 e. The van der Waals surface area contributed by atoms with Crippen molar-refractivity contribution in [3.8, 4) is 0 Å². The van der Waals surface area contributed by atoms with Gasteiger partial charge in [-0.25, -0.2) is 0 Å². The number of benzene rings is 2. The van der Waals surface area contributed by atoms with E-state index in [1.807, 2.05) is 24.3 Å². The maximum absolute atomic E-state index is 12.4. The Morgan fingerprint density at radius 3 is 2.32 bits per heavy atom. The van der Waals surface area contributed by atoms with Gasteiger partial charge >= 0.3 is 0 Å². The Bertz CT molecular complexity index is 711.